The lowest BCUT2D eigenvalue weighted by molar-refractivity contribution is 0.0934. The molecule has 1 heterocycles. The fourth-order valence-corrected chi connectivity index (χ4v) is 3.10. The van der Waals surface area contributed by atoms with E-state index in [9.17, 15) is 9.59 Å². The molecule has 0 radical (unpaired) electrons. The highest BCUT2D eigenvalue weighted by atomic mass is 35.5. The number of hydrogen-bond acceptors (Lipinski definition) is 5. The average molecular weight is 403 g/mol. The summed E-state index contributed by atoms with van der Waals surface area (Å²) in [6.07, 6.45) is 1.59. The monoisotopic (exact) mass is 402 g/mol. The summed E-state index contributed by atoms with van der Waals surface area (Å²) < 4.78 is 18.6. The first-order valence-electron chi connectivity index (χ1n) is 8.33. The van der Waals surface area contributed by atoms with Crippen molar-refractivity contribution < 1.29 is 19.0 Å². The number of carbonyl (C=O) groups is 1. The van der Waals surface area contributed by atoms with E-state index >= 15 is 0 Å². The largest absolute Gasteiger partial charge is 0.493 e. The number of imidazole rings is 1. The molecule has 0 fully saturated rings. The Morgan fingerprint density at radius 2 is 1.54 bits per heavy atom. The van der Waals surface area contributed by atoms with Crippen LogP contribution in [0.2, 0.25) is 5.02 Å². The average Bonchev–Trinajstić information content (AvgIpc) is 3.04. The minimum atomic E-state index is -0.487. The molecule has 0 unspecified atom stereocenters. The fraction of sp³-hybridized carbons (Fsp3) is 0.200. The van der Waals surface area contributed by atoms with Crippen molar-refractivity contribution in [3.63, 3.8) is 0 Å². The van der Waals surface area contributed by atoms with Crippen LogP contribution in [0.4, 0.5) is 0 Å². The van der Waals surface area contributed by atoms with Crippen LogP contribution in [0, 0.1) is 0 Å². The topological polar surface area (TPSA) is 71.7 Å². The van der Waals surface area contributed by atoms with Gasteiger partial charge in [0.15, 0.2) is 11.5 Å². The van der Waals surface area contributed by atoms with E-state index in [1.54, 1.807) is 42.6 Å². The van der Waals surface area contributed by atoms with Crippen LogP contribution >= 0.6 is 11.6 Å². The molecule has 0 saturated carbocycles. The lowest BCUT2D eigenvalue weighted by Crippen LogP contribution is -2.27. The number of halogens is 1. The van der Waals surface area contributed by atoms with E-state index in [1.807, 2.05) is 0 Å². The van der Waals surface area contributed by atoms with Crippen molar-refractivity contribution >= 4 is 17.5 Å². The number of rotatable bonds is 5. The van der Waals surface area contributed by atoms with Crippen LogP contribution in [-0.4, -0.2) is 36.4 Å². The van der Waals surface area contributed by atoms with Gasteiger partial charge in [-0.2, -0.15) is 0 Å². The van der Waals surface area contributed by atoms with Crippen molar-refractivity contribution in [2.24, 2.45) is 0 Å². The molecule has 1 aromatic heterocycles. The summed E-state index contributed by atoms with van der Waals surface area (Å²) in [4.78, 5) is 25.1. The zero-order chi connectivity index (χ0) is 20.4. The van der Waals surface area contributed by atoms with E-state index in [0.717, 1.165) is 4.57 Å². The predicted octanol–water partition coefficient (Wildman–Crippen LogP) is 3.65. The maximum atomic E-state index is 12.9. The van der Waals surface area contributed by atoms with Gasteiger partial charge < -0.3 is 14.2 Å². The third-order valence-electron chi connectivity index (χ3n) is 4.27. The van der Waals surface area contributed by atoms with Gasteiger partial charge in [-0.25, -0.2) is 9.36 Å². The molecule has 0 aliphatic carbocycles. The molecule has 0 atom stereocenters. The van der Waals surface area contributed by atoms with Gasteiger partial charge in [-0.1, -0.05) is 11.6 Å². The molecule has 0 spiro atoms. The minimum Gasteiger partial charge on any atom is -0.493 e. The van der Waals surface area contributed by atoms with Crippen LogP contribution in [0.15, 0.2) is 47.4 Å². The molecule has 3 aromatic rings. The van der Waals surface area contributed by atoms with E-state index in [1.165, 1.54) is 32.8 Å². The molecule has 3 rings (SSSR count). The van der Waals surface area contributed by atoms with Crippen molar-refractivity contribution in [1.29, 1.82) is 0 Å². The van der Waals surface area contributed by atoms with Gasteiger partial charge in [0.05, 0.1) is 32.7 Å². The predicted molar refractivity (Wildman–Crippen MR) is 106 cm³/mol. The molecule has 0 aliphatic rings. The van der Waals surface area contributed by atoms with Gasteiger partial charge in [-0.3, -0.25) is 9.36 Å². The Hall–Kier alpha value is -3.19. The first-order chi connectivity index (χ1) is 13.4. The quantitative estimate of drug-likeness (QED) is 0.651. The normalized spacial score (nSPS) is 10.6. The Morgan fingerprint density at radius 1 is 0.964 bits per heavy atom. The van der Waals surface area contributed by atoms with Gasteiger partial charge in [-0.05, 0) is 36.4 Å². The van der Waals surface area contributed by atoms with Crippen LogP contribution in [0.3, 0.4) is 0 Å². The molecule has 2 aromatic carbocycles. The highest BCUT2D eigenvalue weighted by Crippen LogP contribution is 2.41. The Morgan fingerprint density at radius 3 is 2.00 bits per heavy atom. The molecule has 0 amide bonds. The highest BCUT2D eigenvalue weighted by Gasteiger charge is 2.21. The fourth-order valence-electron chi connectivity index (χ4n) is 2.97. The first-order valence-corrected chi connectivity index (χ1v) is 8.70. The number of carbonyl (C=O) groups excluding carboxylic acids is 1. The molecule has 8 heteroatoms. The lowest BCUT2D eigenvalue weighted by Gasteiger charge is -2.14. The summed E-state index contributed by atoms with van der Waals surface area (Å²) in [5, 5.41) is 0.549. The standard InChI is InChI=1S/C20H19ClN2O5/c1-12(24)23-16(11-22(20(23)25)15-7-5-14(21)6-8-15)13-9-17(26-2)19(28-4)18(10-13)27-3/h5-11H,1-4H3. The SMILES string of the molecule is COc1cc(-c2cn(-c3ccc(Cl)cc3)c(=O)n2C(C)=O)cc(OC)c1OC. The molecule has 0 saturated heterocycles. The van der Waals surface area contributed by atoms with E-state index in [0.29, 0.717) is 39.2 Å². The Labute approximate surface area is 166 Å². The maximum absolute atomic E-state index is 12.9. The van der Waals surface area contributed by atoms with Gasteiger partial charge in [-0.15, -0.1) is 0 Å². The number of methoxy groups -OCH3 is 3. The molecule has 0 N–H and O–H groups in total. The van der Waals surface area contributed by atoms with Crippen LogP contribution in [0.25, 0.3) is 16.9 Å². The van der Waals surface area contributed by atoms with Gasteiger partial charge >= 0.3 is 5.69 Å². The molecule has 0 aliphatic heterocycles. The van der Waals surface area contributed by atoms with Crippen molar-refractivity contribution in [1.82, 2.24) is 9.13 Å². The molecule has 28 heavy (non-hydrogen) atoms. The number of benzene rings is 2. The first kappa shape index (κ1) is 19.6. The molecular weight excluding hydrogens is 384 g/mol. The van der Waals surface area contributed by atoms with Crippen LogP contribution < -0.4 is 19.9 Å². The number of aromatic nitrogens is 2. The third kappa shape index (κ3) is 3.36. The maximum Gasteiger partial charge on any atom is 0.340 e. The van der Waals surface area contributed by atoms with E-state index < -0.39 is 11.6 Å². The number of hydrogen-bond donors (Lipinski definition) is 0. The second-order valence-electron chi connectivity index (χ2n) is 5.91. The smallest absolute Gasteiger partial charge is 0.340 e. The zero-order valence-electron chi connectivity index (χ0n) is 15.9. The lowest BCUT2D eigenvalue weighted by atomic mass is 10.1. The van der Waals surface area contributed by atoms with Crippen LogP contribution in [-0.2, 0) is 0 Å². The van der Waals surface area contributed by atoms with Gasteiger partial charge in [0.2, 0.25) is 11.7 Å². The number of nitrogens with zero attached hydrogens (tertiary/aromatic N) is 2. The summed E-state index contributed by atoms with van der Waals surface area (Å²) in [5.74, 6) is 0.835. The van der Waals surface area contributed by atoms with E-state index in [-0.39, 0.29) is 0 Å². The Kier molecular flexibility index (Phi) is 5.46. The summed E-state index contributed by atoms with van der Waals surface area (Å²) in [6.45, 7) is 1.33. The van der Waals surface area contributed by atoms with Gasteiger partial charge in [0.1, 0.15) is 0 Å². The number of ether oxygens (including phenoxy) is 3. The molecule has 146 valence electrons. The Bertz CT molecular complexity index is 1060. The zero-order valence-corrected chi connectivity index (χ0v) is 16.6. The third-order valence-corrected chi connectivity index (χ3v) is 4.52. The Balaban J connectivity index is 2.28. The van der Waals surface area contributed by atoms with Gasteiger partial charge in [0.25, 0.3) is 0 Å². The second kappa shape index (κ2) is 7.82. The van der Waals surface area contributed by atoms with Crippen molar-refractivity contribution in [2.75, 3.05) is 21.3 Å². The molecule has 7 nitrogen and oxygen atoms in total. The summed E-state index contributed by atoms with van der Waals surface area (Å²) in [5.41, 5.74) is 1.06. The molecular formula is C20H19ClN2O5. The molecule has 0 bridgehead atoms. The summed E-state index contributed by atoms with van der Waals surface area (Å²) >= 11 is 5.93. The van der Waals surface area contributed by atoms with Crippen molar-refractivity contribution in [3.8, 4) is 34.2 Å². The van der Waals surface area contributed by atoms with Gasteiger partial charge in [0, 0.05) is 23.7 Å². The van der Waals surface area contributed by atoms with E-state index in [4.69, 9.17) is 25.8 Å². The summed E-state index contributed by atoms with van der Waals surface area (Å²) in [6, 6.07) is 10.1. The van der Waals surface area contributed by atoms with Crippen LogP contribution in [0.5, 0.6) is 17.2 Å². The highest BCUT2D eigenvalue weighted by molar-refractivity contribution is 6.30. The van der Waals surface area contributed by atoms with Crippen LogP contribution in [0.1, 0.15) is 11.7 Å². The van der Waals surface area contributed by atoms with Crippen molar-refractivity contribution in [2.45, 2.75) is 6.92 Å². The summed E-state index contributed by atoms with van der Waals surface area (Å²) in [7, 11) is 4.50. The minimum absolute atomic E-state index is 0.395. The second-order valence-corrected chi connectivity index (χ2v) is 6.35. The van der Waals surface area contributed by atoms with E-state index in [2.05, 4.69) is 0 Å². The van der Waals surface area contributed by atoms with Crippen molar-refractivity contribution in [3.05, 3.63) is 58.1 Å².